The monoisotopic (exact) mass is 230 g/mol. The number of aliphatic hydroxyl groups excluding tert-OH is 1. The van der Waals surface area contributed by atoms with Crippen molar-refractivity contribution in [1.82, 2.24) is 10.2 Å². The summed E-state index contributed by atoms with van der Waals surface area (Å²) in [4.78, 5) is 2.49. The summed E-state index contributed by atoms with van der Waals surface area (Å²) in [6.07, 6.45) is 0.842. The summed E-state index contributed by atoms with van der Waals surface area (Å²) in [5.41, 5.74) is 0. The molecule has 0 aliphatic carbocycles. The van der Waals surface area contributed by atoms with Crippen molar-refractivity contribution < 1.29 is 5.11 Å². The lowest BCUT2D eigenvalue weighted by atomic mass is 10.1. The number of likely N-dealkylation sites (N-methyl/N-ethyl adjacent to an activating group) is 1. The van der Waals surface area contributed by atoms with Crippen molar-refractivity contribution in [2.45, 2.75) is 53.1 Å². The molecular formula is C13H30N2O. The minimum absolute atomic E-state index is 0.269. The number of rotatable bonds is 9. The lowest BCUT2D eigenvalue weighted by Crippen LogP contribution is -2.45. The fourth-order valence-corrected chi connectivity index (χ4v) is 1.95. The van der Waals surface area contributed by atoms with Crippen LogP contribution < -0.4 is 5.32 Å². The van der Waals surface area contributed by atoms with E-state index in [9.17, 15) is 0 Å². The van der Waals surface area contributed by atoms with Crippen molar-refractivity contribution in [3.05, 3.63) is 0 Å². The smallest absolute Gasteiger partial charge is 0.0446 e. The molecule has 98 valence electrons. The van der Waals surface area contributed by atoms with Crippen molar-refractivity contribution in [2.24, 2.45) is 5.92 Å². The molecule has 0 heterocycles. The van der Waals surface area contributed by atoms with Gasteiger partial charge in [0.1, 0.15) is 0 Å². The Morgan fingerprint density at radius 3 is 2.12 bits per heavy atom. The fraction of sp³-hybridized carbons (Fsp3) is 1.00. The van der Waals surface area contributed by atoms with Gasteiger partial charge in [0.25, 0.3) is 0 Å². The van der Waals surface area contributed by atoms with Crippen LogP contribution in [0.15, 0.2) is 0 Å². The van der Waals surface area contributed by atoms with Gasteiger partial charge in [0, 0.05) is 31.8 Å². The van der Waals surface area contributed by atoms with E-state index >= 15 is 0 Å². The number of aliphatic hydroxyl groups is 1. The molecule has 0 aliphatic heterocycles. The van der Waals surface area contributed by atoms with E-state index in [-0.39, 0.29) is 6.61 Å². The third-order valence-electron chi connectivity index (χ3n) is 2.76. The molecule has 0 aromatic carbocycles. The van der Waals surface area contributed by atoms with E-state index in [1.807, 2.05) is 0 Å². The molecule has 0 aliphatic rings. The normalized spacial score (nSPS) is 14.1. The van der Waals surface area contributed by atoms with Crippen molar-refractivity contribution in [2.75, 3.05) is 26.2 Å². The Hall–Kier alpha value is -0.120. The zero-order chi connectivity index (χ0) is 12.6. The second kappa shape index (κ2) is 8.97. The summed E-state index contributed by atoms with van der Waals surface area (Å²) >= 11 is 0. The predicted octanol–water partition coefficient (Wildman–Crippen LogP) is 1.71. The van der Waals surface area contributed by atoms with Crippen LogP contribution >= 0.6 is 0 Å². The maximum atomic E-state index is 9.04. The van der Waals surface area contributed by atoms with Gasteiger partial charge in [-0.05, 0) is 32.7 Å². The second-order valence-electron chi connectivity index (χ2n) is 5.21. The van der Waals surface area contributed by atoms with Crippen molar-refractivity contribution >= 4 is 0 Å². The average molecular weight is 230 g/mol. The van der Waals surface area contributed by atoms with Crippen LogP contribution in [0.1, 0.15) is 41.0 Å². The van der Waals surface area contributed by atoms with E-state index in [4.69, 9.17) is 5.11 Å². The summed E-state index contributed by atoms with van der Waals surface area (Å²) in [6.45, 7) is 14.5. The van der Waals surface area contributed by atoms with Crippen molar-refractivity contribution in [3.8, 4) is 0 Å². The number of hydrogen-bond donors (Lipinski definition) is 2. The molecule has 0 aromatic heterocycles. The Kier molecular flexibility index (Phi) is 8.90. The maximum absolute atomic E-state index is 9.04. The van der Waals surface area contributed by atoms with Crippen LogP contribution in [0.5, 0.6) is 0 Å². The topological polar surface area (TPSA) is 35.5 Å². The first-order valence-corrected chi connectivity index (χ1v) is 6.59. The molecule has 0 spiro atoms. The third-order valence-corrected chi connectivity index (χ3v) is 2.76. The Morgan fingerprint density at radius 1 is 1.12 bits per heavy atom. The molecule has 1 atom stereocenters. The van der Waals surface area contributed by atoms with Crippen LogP contribution in [0.3, 0.4) is 0 Å². The summed E-state index contributed by atoms with van der Waals surface area (Å²) < 4.78 is 0. The van der Waals surface area contributed by atoms with Gasteiger partial charge in [-0.25, -0.2) is 0 Å². The molecule has 16 heavy (non-hydrogen) atoms. The molecule has 0 rings (SSSR count). The summed E-state index contributed by atoms with van der Waals surface area (Å²) in [5.74, 6) is 0.693. The molecule has 0 radical (unpaired) electrons. The minimum Gasteiger partial charge on any atom is -0.396 e. The first kappa shape index (κ1) is 15.9. The van der Waals surface area contributed by atoms with Crippen molar-refractivity contribution in [1.29, 1.82) is 0 Å². The largest absolute Gasteiger partial charge is 0.396 e. The summed E-state index contributed by atoms with van der Waals surface area (Å²) in [5, 5.41) is 12.5. The number of hydrogen-bond acceptors (Lipinski definition) is 3. The Labute approximate surface area is 101 Å². The van der Waals surface area contributed by atoms with Gasteiger partial charge in [0.05, 0.1) is 0 Å². The van der Waals surface area contributed by atoms with Gasteiger partial charge in [-0.1, -0.05) is 20.8 Å². The highest BCUT2D eigenvalue weighted by atomic mass is 16.3. The molecule has 0 aromatic rings. The van der Waals surface area contributed by atoms with Crippen LogP contribution in [0, 0.1) is 5.92 Å². The van der Waals surface area contributed by atoms with Crippen LogP contribution in [0.4, 0.5) is 0 Å². The van der Waals surface area contributed by atoms with Crippen LogP contribution in [0.25, 0.3) is 0 Å². The van der Waals surface area contributed by atoms with Gasteiger partial charge < -0.3 is 10.4 Å². The highest BCUT2D eigenvalue weighted by molar-refractivity contribution is 4.74. The molecule has 1 unspecified atom stereocenters. The first-order chi connectivity index (χ1) is 7.51. The number of nitrogens with one attached hydrogen (secondary N) is 1. The van der Waals surface area contributed by atoms with Crippen LogP contribution in [0.2, 0.25) is 0 Å². The highest BCUT2D eigenvalue weighted by Crippen LogP contribution is 2.06. The Balaban J connectivity index is 4.20. The van der Waals surface area contributed by atoms with Crippen molar-refractivity contribution in [3.63, 3.8) is 0 Å². The standard InChI is InChI=1S/C13H30N2O/c1-6-14-13(7-8-16)10-15(12(4)5)9-11(2)3/h11-14,16H,6-10H2,1-5H3. The second-order valence-corrected chi connectivity index (χ2v) is 5.21. The predicted molar refractivity (Wildman–Crippen MR) is 70.7 cm³/mol. The van der Waals surface area contributed by atoms with Gasteiger partial charge in [-0.15, -0.1) is 0 Å². The molecule has 0 bridgehead atoms. The Morgan fingerprint density at radius 2 is 1.75 bits per heavy atom. The zero-order valence-electron chi connectivity index (χ0n) is 11.7. The van der Waals surface area contributed by atoms with E-state index in [1.54, 1.807) is 0 Å². The minimum atomic E-state index is 0.269. The van der Waals surface area contributed by atoms with E-state index in [2.05, 4.69) is 44.8 Å². The van der Waals surface area contributed by atoms with Gasteiger partial charge in [0.2, 0.25) is 0 Å². The molecule has 2 N–H and O–H groups in total. The third kappa shape index (κ3) is 7.20. The van der Waals surface area contributed by atoms with Gasteiger partial charge >= 0.3 is 0 Å². The van der Waals surface area contributed by atoms with E-state index in [0.29, 0.717) is 18.0 Å². The van der Waals surface area contributed by atoms with Gasteiger partial charge in [-0.3, -0.25) is 4.90 Å². The molecule has 3 heteroatoms. The molecule has 0 fully saturated rings. The quantitative estimate of drug-likeness (QED) is 0.633. The van der Waals surface area contributed by atoms with E-state index in [1.165, 1.54) is 0 Å². The van der Waals surface area contributed by atoms with Gasteiger partial charge in [0.15, 0.2) is 0 Å². The van der Waals surface area contributed by atoms with E-state index < -0.39 is 0 Å². The molecule has 3 nitrogen and oxygen atoms in total. The molecule has 0 amide bonds. The zero-order valence-corrected chi connectivity index (χ0v) is 11.7. The van der Waals surface area contributed by atoms with Gasteiger partial charge in [-0.2, -0.15) is 0 Å². The van der Waals surface area contributed by atoms with E-state index in [0.717, 1.165) is 26.1 Å². The van der Waals surface area contributed by atoms with Crippen LogP contribution in [-0.2, 0) is 0 Å². The molecule has 0 saturated heterocycles. The lowest BCUT2D eigenvalue weighted by molar-refractivity contribution is 0.162. The summed E-state index contributed by atoms with van der Waals surface area (Å²) in [7, 11) is 0. The Bertz CT molecular complexity index is 154. The van der Waals surface area contributed by atoms with Crippen LogP contribution in [-0.4, -0.2) is 48.3 Å². The average Bonchev–Trinajstić information content (AvgIpc) is 2.16. The summed E-state index contributed by atoms with van der Waals surface area (Å²) in [6, 6.07) is 0.985. The number of nitrogens with zero attached hydrogens (tertiary/aromatic N) is 1. The fourth-order valence-electron chi connectivity index (χ4n) is 1.95. The highest BCUT2D eigenvalue weighted by Gasteiger charge is 2.16. The maximum Gasteiger partial charge on any atom is 0.0446 e. The first-order valence-electron chi connectivity index (χ1n) is 6.59. The molecule has 0 saturated carbocycles. The molecular weight excluding hydrogens is 200 g/mol. The SMILES string of the molecule is CCNC(CCO)CN(CC(C)C)C(C)C. The lowest BCUT2D eigenvalue weighted by Gasteiger charge is -2.32.